The molecule has 0 saturated carbocycles. The van der Waals surface area contributed by atoms with Crippen molar-refractivity contribution in [3.05, 3.63) is 88.0 Å². The highest BCUT2D eigenvalue weighted by molar-refractivity contribution is 5.95. The number of carbonyl (C=O) groups excluding carboxylic acids is 1. The molecule has 0 N–H and O–H groups in total. The van der Waals surface area contributed by atoms with E-state index >= 15 is 0 Å². The average Bonchev–Trinajstić information content (AvgIpc) is 2.90. The summed E-state index contributed by atoms with van der Waals surface area (Å²) in [4.78, 5) is 14.9. The molecule has 202 valence electrons. The number of amides is 1. The maximum absolute atomic E-state index is 13.7. The molecule has 0 radical (unpaired) electrons. The number of halogens is 6. The number of rotatable bonds is 5. The second-order valence-corrected chi connectivity index (χ2v) is 8.62. The lowest BCUT2D eigenvalue weighted by atomic mass is 9.87. The van der Waals surface area contributed by atoms with Crippen molar-refractivity contribution >= 4 is 5.91 Å². The molecule has 1 heterocycles. The van der Waals surface area contributed by atoms with Gasteiger partial charge in [0.1, 0.15) is 5.75 Å². The van der Waals surface area contributed by atoms with E-state index in [9.17, 15) is 31.1 Å². The highest BCUT2D eigenvalue weighted by Crippen LogP contribution is 2.43. The lowest BCUT2D eigenvalue weighted by Crippen LogP contribution is -2.41. The third kappa shape index (κ3) is 5.23. The largest absolute Gasteiger partial charge is 0.497 e. The van der Waals surface area contributed by atoms with Gasteiger partial charge < -0.3 is 19.1 Å². The molecule has 5 nitrogen and oxygen atoms in total. The number of nitrogens with zero attached hydrogens (tertiary/aromatic N) is 1. The van der Waals surface area contributed by atoms with Gasteiger partial charge in [0, 0.05) is 12.1 Å². The Bertz CT molecular complexity index is 1300. The molecule has 0 aliphatic carbocycles. The second kappa shape index (κ2) is 10.1. The summed E-state index contributed by atoms with van der Waals surface area (Å²) in [6.07, 6.45) is -9.87. The zero-order valence-corrected chi connectivity index (χ0v) is 20.5. The van der Waals surface area contributed by atoms with Crippen molar-refractivity contribution in [2.24, 2.45) is 0 Å². The van der Waals surface area contributed by atoms with Gasteiger partial charge in [-0.05, 0) is 65.6 Å². The summed E-state index contributed by atoms with van der Waals surface area (Å²) in [6.45, 7) is 0.0373. The Labute approximate surface area is 214 Å². The van der Waals surface area contributed by atoms with Crippen LogP contribution >= 0.6 is 0 Å². The van der Waals surface area contributed by atoms with Crippen molar-refractivity contribution in [3.8, 4) is 17.2 Å². The fraction of sp³-hybridized carbons (Fsp3) is 0.296. The third-order valence-electron chi connectivity index (χ3n) is 6.40. The summed E-state index contributed by atoms with van der Waals surface area (Å²) in [5.74, 6) is 0.371. The second-order valence-electron chi connectivity index (χ2n) is 8.62. The smallest absolute Gasteiger partial charge is 0.416 e. The number of benzene rings is 3. The van der Waals surface area contributed by atoms with Gasteiger partial charge in [-0.15, -0.1) is 0 Å². The van der Waals surface area contributed by atoms with Crippen molar-refractivity contribution in [2.45, 2.75) is 24.8 Å². The van der Waals surface area contributed by atoms with Gasteiger partial charge in [-0.1, -0.05) is 12.1 Å². The van der Waals surface area contributed by atoms with Crippen LogP contribution < -0.4 is 14.2 Å². The Morgan fingerprint density at radius 1 is 0.789 bits per heavy atom. The van der Waals surface area contributed by atoms with E-state index < -0.39 is 41.0 Å². The number of fused-ring (bicyclic) bond motifs is 1. The van der Waals surface area contributed by atoms with Gasteiger partial charge in [0.15, 0.2) is 11.5 Å². The number of alkyl halides is 6. The number of carbonyl (C=O) groups is 1. The van der Waals surface area contributed by atoms with Crippen LogP contribution in [0.3, 0.4) is 0 Å². The molecule has 38 heavy (non-hydrogen) atoms. The Morgan fingerprint density at radius 2 is 1.34 bits per heavy atom. The third-order valence-corrected chi connectivity index (χ3v) is 6.40. The number of ether oxygens (including phenoxy) is 3. The van der Waals surface area contributed by atoms with E-state index in [2.05, 4.69) is 0 Å². The molecule has 0 unspecified atom stereocenters. The first kappa shape index (κ1) is 27.2. The lowest BCUT2D eigenvalue weighted by Gasteiger charge is -2.38. The van der Waals surface area contributed by atoms with Crippen LogP contribution in [0.2, 0.25) is 0 Å². The van der Waals surface area contributed by atoms with Gasteiger partial charge >= 0.3 is 12.4 Å². The predicted molar refractivity (Wildman–Crippen MR) is 126 cm³/mol. The van der Waals surface area contributed by atoms with Crippen molar-refractivity contribution in [1.29, 1.82) is 0 Å². The molecule has 0 aromatic heterocycles. The highest BCUT2D eigenvalue weighted by Gasteiger charge is 2.39. The van der Waals surface area contributed by atoms with Gasteiger partial charge in [0.05, 0.1) is 38.5 Å². The van der Waals surface area contributed by atoms with Gasteiger partial charge in [0.25, 0.3) is 5.91 Å². The van der Waals surface area contributed by atoms with E-state index in [-0.39, 0.29) is 12.6 Å². The summed E-state index contributed by atoms with van der Waals surface area (Å²) in [6, 6.07) is 10.2. The molecule has 0 saturated heterocycles. The maximum Gasteiger partial charge on any atom is 0.416 e. The summed E-state index contributed by atoms with van der Waals surface area (Å²) < 4.78 is 96.8. The monoisotopic (exact) mass is 539 g/mol. The first-order valence-corrected chi connectivity index (χ1v) is 11.4. The number of hydrogen-bond acceptors (Lipinski definition) is 4. The molecule has 3 aromatic rings. The van der Waals surface area contributed by atoms with E-state index in [0.717, 1.165) is 5.56 Å². The standard InChI is InChI=1S/C27H23F6NO4/c1-36-20-6-4-15(5-7-20)24-21-14-23(38-3)22(37-2)12-16(21)8-9-34(24)25(35)17-10-18(26(28,29)30)13-19(11-17)27(31,32)33/h4-7,10-14,24H,8-9H2,1-3H3/t24-/m0/s1. The van der Waals surface area contributed by atoms with Crippen LogP contribution in [0.4, 0.5) is 26.3 Å². The quantitative estimate of drug-likeness (QED) is 0.346. The van der Waals surface area contributed by atoms with Crippen LogP contribution in [0.25, 0.3) is 0 Å². The van der Waals surface area contributed by atoms with Gasteiger partial charge in [-0.25, -0.2) is 0 Å². The molecule has 0 spiro atoms. The summed E-state index contributed by atoms with van der Waals surface area (Å²) >= 11 is 0. The van der Waals surface area contributed by atoms with Crippen LogP contribution in [-0.2, 0) is 18.8 Å². The molecule has 1 atom stereocenters. The summed E-state index contributed by atoms with van der Waals surface area (Å²) in [5.41, 5.74) is -1.84. The van der Waals surface area contributed by atoms with Crippen molar-refractivity contribution < 1.29 is 45.3 Å². The van der Waals surface area contributed by atoms with Crippen molar-refractivity contribution in [2.75, 3.05) is 27.9 Å². The molecule has 0 fully saturated rings. The van der Waals surface area contributed by atoms with Crippen LogP contribution in [0.1, 0.15) is 44.2 Å². The van der Waals surface area contributed by atoms with Crippen molar-refractivity contribution in [1.82, 2.24) is 4.90 Å². The molecule has 3 aromatic carbocycles. The zero-order chi connectivity index (χ0) is 27.8. The molecule has 11 heteroatoms. The van der Waals surface area contributed by atoms with E-state index in [1.54, 1.807) is 36.4 Å². The molecule has 1 amide bonds. The first-order chi connectivity index (χ1) is 17.9. The van der Waals surface area contributed by atoms with E-state index in [4.69, 9.17) is 14.2 Å². The normalized spacial score (nSPS) is 15.6. The summed E-state index contributed by atoms with van der Waals surface area (Å²) in [7, 11) is 4.37. The minimum Gasteiger partial charge on any atom is -0.497 e. The lowest BCUT2D eigenvalue weighted by molar-refractivity contribution is -0.143. The Balaban J connectivity index is 1.88. The fourth-order valence-electron chi connectivity index (χ4n) is 4.55. The topological polar surface area (TPSA) is 48.0 Å². The van der Waals surface area contributed by atoms with Crippen LogP contribution in [0.15, 0.2) is 54.6 Å². The Hall–Kier alpha value is -3.89. The predicted octanol–water partition coefficient (Wildman–Crippen LogP) is 6.54. The van der Waals surface area contributed by atoms with Crippen LogP contribution in [-0.4, -0.2) is 38.7 Å². The van der Waals surface area contributed by atoms with Crippen LogP contribution in [0.5, 0.6) is 17.2 Å². The molecule has 1 aliphatic heterocycles. The average molecular weight is 539 g/mol. The molecule has 0 bridgehead atoms. The zero-order valence-electron chi connectivity index (χ0n) is 20.5. The van der Waals surface area contributed by atoms with E-state index in [1.807, 2.05) is 0 Å². The fourth-order valence-corrected chi connectivity index (χ4v) is 4.55. The molecule has 4 rings (SSSR count). The molecular formula is C27H23F6NO4. The van der Waals surface area contributed by atoms with E-state index in [1.165, 1.54) is 26.2 Å². The summed E-state index contributed by atoms with van der Waals surface area (Å²) in [5, 5.41) is 0. The van der Waals surface area contributed by atoms with Gasteiger partial charge in [-0.2, -0.15) is 26.3 Å². The minimum absolute atomic E-state index is 0.000378. The van der Waals surface area contributed by atoms with Gasteiger partial charge in [-0.3, -0.25) is 4.79 Å². The Kier molecular flexibility index (Phi) is 7.22. The number of methoxy groups -OCH3 is 3. The van der Waals surface area contributed by atoms with Gasteiger partial charge in [0.2, 0.25) is 0 Å². The minimum atomic E-state index is -5.08. The highest BCUT2D eigenvalue weighted by atomic mass is 19.4. The van der Waals surface area contributed by atoms with E-state index in [0.29, 0.717) is 46.9 Å². The Morgan fingerprint density at radius 3 is 1.84 bits per heavy atom. The number of hydrogen-bond donors (Lipinski definition) is 0. The molecule has 1 aliphatic rings. The first-order valence-electron chi connectivity index (χ1n) is 11.4. The molecular weight excluding hydrogens is 516 g/mol. The van der Waals surface area contributed by atoms with Crippen LogP contribution in [0, 0.1) is 0 Å². The van der Waals surface area contributed by atoms with Crippen molar-refractivity contribution in [3.63, 3.8) is 0 Å². The SMILES string of the molecule is COc1ccc([C@H]2c3cc(OC)c(OC)cc3CCN2C(=O)c2cc(C(F)(F)F)cc(C(F)(F)F)c2)cc1. The maximum atomic E-state index is 13.7.